The second kappa shape index (κ2) is 9.35. The van der Waals surface area contributed by atoms with E-state index in [1.165, 1.54) is 16.7 Å². The van der Waals surface area contributed by atoms with Crippen LogP contribution in [0, 0.1) is 19.8 Å². The number of aromatic nitrogens is 1. The first-order valence-corrected chi connectivity index (χ1v) is 11.6. The highest BCUT2D eigenvalue weighted by molar-refractivity contribution is 5.83. The van der Waals surface area contributed by atoms with E-state index in [1.807, 2.05) is 24.3 Å². The maximum Gasteiger partial charge on any atom is 0.195 e. The van der Waals surface area contributed by atoms with Crippen LogP contribution in [0.4, 0.5) is 0 Å². The molecular weight excluding hydrogens is 386 g/mol. The van der Waals surface area contributed by atoms with Gasteiger partial charge in [-0.15, -0.1) is 0 Å². The Labute approximate surface area is 185 Å². The maximum absolute atomic E-state index is 12.7. The molecule has 0 amide bonds. The quantitative estimate of drug-likeness (QED) is 0.439. The smallest absolute Gasteiger partial charge is 0.195 e. The molecule has 1 aliphatic heterocycles. The monoisotopic (exact) mass is 419 g/mol. The largest absolute Gasteiger partial charge is 0.441 e. The fourth-order valence-electron chi connectivity index (χ4n) is 4.95. The van der Waals surface area contributed by atoms with Crippen LogP contribution in [0.1, 0.15) is 61.6 Å². The van der Waals surface area contributed by atoms with Gasteiger partial charge < -0.3 is 9.15 Å². The molecule has 2 aromatic carbocycles. The van der Waals surface area contributed by atoms with Crippen molar-refractivity contribution in [2.45, 2.75) is 71.3 Å². The molecule has 4 nitrogen and oxygen atoms in total. The molecule has 0 bridgehead atoms. The Morgan fingerprint density at radius 3 is 2.77 bits per heavy atom. The van der Waals surface area contributed by atoms with Crippen LogP contribution in [0.25, 0.3) is 11.1 Å². The Kier molecular flexibility index (Phi) is 6.57. The molecule has 2 unspecified atom stereocenters. The van der Waals surface area contributed by atoms with E-state index in [0.29, 0.717) is 0 Å². The molecule has 164 valence electrons. The van der Waals surface area contributed by atoms with E-state index >= 15 is 0 Å². The van der Waals surface area contributed by atoms with Gasteiger partial charge in [0.2, 0.25) is 0 Å². The Morgan fingerprint density at radius 1 is 1.13 bits per heavy atom. The summed E-state index contributed by atoms with van der Waals surface area (Å²) in [5.74, 6) is 1.06. The van der Waals surface area contributed by atoms with Crippen LogP contribution in [0.2, 0.25) is 0 Å². The van der Waals surface area contributed by atoms with Gasteiger partial charge in [0, 0.05) is 12.3 Å². The van der Waals surface area contributed by atoms with Crippen LogP contribution < -0.4 is 0 Å². The van der Waals surface area contributed by atoms with E-state index < -0.39 is 0 Å². The fraction of sp³-hybridized carbons (Fsp3) is 0.481. The van der Waals surface area contributed by atoms with E-state index in [-0.39, 0.29) is 23.9 Å². The number of nitrogens with zero attached hydrogens (tertiary/aromatic N) is 1. The van der Waals surface area contributed by atoms with Crippen LogP contribution in [0.5, 0.6) is 0 Å². The Morgan fingerprint density at radius 2 is 1.97 bits per heavy atom. The van der Waals surface area contributed by atoms with Gasteiger partial charge >= 0.3 is 0 Å². The third kappa shape index (κ3) is 5.07. The van der Waals surface area contributed by atoms with Crippen LogP contribution in [0.15, 0.2) is 46.9 Å². The number of oxazole rings is 1. The minimum absolute atomic E-state index is 0.0325. The first-order valence-electron chi connectivity index (χ1n) is 11.6. The summed E-state index contributed by atoms with van der Waals surface area (Å²) in [7, 11) is 0. The van der Waals surface area contributed by atoms with Crippen LogP contribution in [-0.2, 0) is 22.4 Å². The predicted octanol–water partition coefficient (Wildman–Crippen LogP) is 6.15. The summed E-state index contributed by atoms with van der Waals surface area (Å²) in [6, 6.07) is 14.4. The van der Waals surface area contributed by atoms with Gasteiger partial charge in [-0.25, -0.2) is 4.98 Å². The van der Waals surface area contributed by atoms with Gasteiger partial charge in [-0.3, -0.25) is 4.79 Å². The zero-order valence-corrected chi connectivity index (χ0v) is 18.9. The van der Waals surface area contributed by atoms with Gasteiger partial charge in [0.1, 0.15) is 12.1 Å². The third-order valence-electron chi connectivity index (χ3n) is 6.63. The molecular formula is C27H33NO3. The highest BCUT2D eigenvalue weighted by atomic mass is 16.5. The number of rotatable bonds is 8. The number of hydrogen-bond donors (Lipinski definition) is 0. The highest BCUT2D eigenvalue weighted by Gasteiger charge is 2.40. The summed E-state index contributed by atoms with van der Waals surface area (Å²) in [5.41, 5.74) is 5.33. The number of carbonyl (C=O) groups excluding carboxylic acids is 1. The average Bonchev–Trinajstić information content (AvgIpc) is 3.16. The Bertz CT molecular complexity index is 1020. The van der Waals surface area contributed by atoms with Gasteiger partial charge in [-0.2, -0.15) is 0 Å². The number of Topliss-reactive ketones (excluding diaryl/α,β-unsaturated/α-hetero) is 1. The van der Waals surface area contributed by atoms with Crippen molar-refractivity contribution in [2.75, 3.05) is 6.61 Å². The van der Waals surface area contributed by atoms with E-state index in [0.717, 1.165) is 61.9 Å². The topological polar surface area (TPSA) is 52.3 Å². The fourth-order valence-corrected chi connectivity index (χ4v) is 4.95. The van der Waals surface area contributed by atoms with Gasteiger partial charge in [0.05, 0.1) is 5.60 Å². The molecule has 31 heavy (non-hydrogen) atoms. The Hall–Kier alpha value is -2.46. The molecule has 0 aliphatic carbocycles. The van der Waals surface area contributed by atoms with Gasteiger partial charge in [-0.1, -0.05) is 49.2 Å². The van der Waals surface area contributed by atoms with Gasteiger partial charge in [-0.05, 0) is 69.2 Å². The molecule has 0 N–H and O–H groups in total. The lowest BCUT2D eigenvalue weighted by atomic mass is 9.76. The first-order chi connectivity index (χ1) is 15.0. The number of benzene rings is 2. The normalized spacial score (nSPS) is 21.6. The molecule has 2 atom stereocenters. The lowest BCUT2D eigenvalue weighted by molar-refractivity contribution is -0.154. The summed E-state index contributed by atoms with van der Waals surface area (Å²) < 4.78 is 12.1. The second-order valence-electron chi connectivity index (χ2n) is 9.15. The lowest BCUT2D eigenvalue weighted by Gasteiger charge is -2.40. The maximum atomic E-state index is 12.7. The molecule has 4 rings (SSSR count). The van der Waals surface area contributed by atoms with Crippen molar-refractivity contribution in [3.63, 3.8) is 0 Å². The molecule has 1 aliphatic rings. The highest BCUT2D eigenvalue weighted by Crippen LogP contribution is 2.37. The summed E-state index contributed by atoms with van der Waals surface area (Å²) >= 11 is 0. The second-order valence-corrected chi connectivity index (χ2v) is 9.15. The van der Waals surface area contributed by atoms with Crippen LogP contribution >= 0.6 is 0 Å². The molecule has 3 aromatic rings. The summed E-state index contributed by atoms with van der Waals surface area (Å²) in [6.07, 6.45) is 6.31. The summed E-state index contributed by atoms with van der Waals surface area (Å²) in [4.78, 5) is 17.3. The van der Waals surface area contributed by atoms with Gasteiger partial charge in [0.15, 0.2) is 17.3 Å². The Balaban J connectivity index is 1.44. The molecule has 1 fully saturated rings. The van der Waals surface area contributed by atoms with Crippen molar-refractivity contribution in [3.05, 3.63) is 65.0 Å². The van der Waals surface area contributed by atoms with Crippen molar-refractivity contribution in [1.82, 2.24) is 4.98 Å². The molecule has 0 radical (unpaired) electrons. The number of para-hydroxylation sites is 2. The van der Waals surface area contributed by atoms with E-state index in [1.54, 1.807) is 0 Å². The molecule has 4 heteroatoms. The predicted molar refractivity (Wildman–Crippen MR) is 123 cm³/mol. The third-order valence-corrected chi connectivity index (χ3v) is 6.63. The zero-order chi connectivity index (χ0) is 21.8. The number of ether oxygens (including phenoxy) is 1. The standard InChI is InChI=1S/C27H33NO3/c1-4-13-27(14-7-10-26-28-23-8-5-6-9-25(23)31-26)17-22(24(29)18-30-27)16-21-15-19(2)11-12-20(21)3/h5-6,8-9,11-12,15,22H,4,7,10,13-14,16-18H2,1-3H3. The minimum Gasteiger partial charge on any atom is -0.441 e. The SMILES string of the molecule is CCCC1(CCCc2nc3ccccc3o2)CC(Cc2cc(C)ccc2C)C(=O)CO1. The van der Waals surface area contributed by atoms with Crippen molar-refractivity contribution < 1.29 is 13.9 Å². The molecule has 2 heterocycles. The molecule has 1 aromatic heterocycles. The number of fused-ring (bicyclic) bond motifs is 1. The van der Waals surface area contributed by atoms with E-state index in [4.69, 9.17) is 9.15 Å². The summed E-state index contributed by atoms with van der Waals surface area (Å²) in [6.45, 7) is 6.68. The summed E-state index contributed by atoms with van der Waals surface area (Å²) in [5, 5.41) is 0. The lowest BCUT2D eigenvalue weighted by Crippen LogP contribution is -2.45. The van der Waals surface area contributed by atoms with Gasteiger partial charge in [0.25, 0.3) is 0 Å². The zero-order valence-electron chi connectivity index (χ0n) is 18.9. The number of aryl methyl sites for hydroxylation is 3. The van der Waals surface area contributed by atoms with Crippen LogP contribution in [0.3, 0.4) is 0 Å². The minimum atomic E-state index is -0.225. The number of hydrogen-bond acceptors (Lipinski definition) is 4. The van der Waals surface area contributed by atoms with Crippen LogP contribution in [-0.4, -0.2) is 23.0 Å². The average molecular weight is 420 g/mol. The van der Waals surface area contributed by atoms with Crippen molar-refractivity contribution in [1.29, 1.82) is 0 Å². The molecule has 0 saturated carbocycles. The molecule has 1 saturated heterocycles. The van der Waals surface area contributed by atoms with E-state index in [9.17, 15) is 4.79 Å². The van der Waals surface area contributed by atoms with E-state index in [2.05, 4.69) is 44.0 Å². The first kappa shape index (κ1) is 21.8. The number of ketones is 1. The van der Waals surface area contributed by atoms with Crippen molar-refractivity contribution in [3.8, 4) is 0 Å². The molecule has 0 spiro atoms. The van der Waals surface area contributed by atoms with Crippen molar-refractivity contribution in [2.24, 2.45) is 5.92 Å². The number of carbonyl (C=O) groups is 1. The van der Waals surface area contributed by atoms with Crippen molar-refractivity contribution >= 4 is 16.9 Å².